The van der Waals surface area contributed by atoms with Gasteiger partial charge < -0.3 is 4.74 Å². The van der Waals surface area contributed by atoms with Crippen LogP contribution >= 0.6 is 0 Å². The Morgan fingerprint density at radius 2 is 2.00 bits per heavy atom. The van der Waals surface area contributed by atoms with Crippen molar-refractivity contribution in [1.82, 2.24) is 19.6 Å². The average Bonchev–Trinajstić information content (AvgIpc) is 3.38. The third-order valence-corrected chi connectivity index (χ3v) is 4.50. The number of benzene rings is 1. The van der Waals surface area contributed by atoms with Crippen molar-refractivity contribution in [1.29, 1.82) is 5.41 Å². The number of methoxy groups -OCH3 is 1. The van der Waals surface area contributed by atoms with Crippen molar-refractivity contribution < 1.29 is 22.3 Å². The number of hydrogen-bond acceptors (Lipinski definition) is 4. The zero-order chi connectivity index (χ0) is 22.1. The first kappa shape index (κ1) is 20.3. The summed E-state index contributed by atoms with van der Waals surface area (Å²) in [4.78, 5) is 7.67. The van der Waals surface area contributed by atoms with Gasteiger partial charge >= 0.3 is 6.43 Å². The maximum Gasteiger partial charge on any atom is 0.312 e. The molecule has 0 unspecified atom stereocenters. The molecule has 0 fully saturated rings. The van der Waals surface area contributed by atoms with E-state index in [0.29, 0.717) is 16.8 Å². The lowest BCUT2D eigenvalue weighted by Gasteiger charge is -2.07. The zero-order valence-electron chi connectivity index (χ0n) is 15.9. The van der Waals surface area contributed by atoms with Crippen LogP contribution in [-0.4, -0.2) is 44.9 Å². The van der Waals surface area contributed by atoms with Crippen molar-refractivity contribution in [3.8, 4) is 22.4 Å². The second kappa shape index (κ2) is 8.01. The van der Waals surface area contributed by atoms with E-state index in [0.717, 1.165) is 19.2 Å². The summed E-state index contributed by atoms with van der Waals surface area (Å²) in [6, 6.07) is 6.52. The maximum absolute atomic E-state index is 14.3. The number of rotatable bonds is 4. The van der Waals surface area contributed by atoms with Gasteiger partial charge in [-0.2, -0.15) is 18.9 Å². The molecule has 3 aromatic heterocycles. The average molecular weight is 430 g/mol. The summed E-state index contributed by atoms with van der Waals surface area (Å²) in [6.45, 7) is 0. The number of halogens is 4. The molecule has 7 nitrogen and oxygen atoms in total. The second-order valence-electron chi connectivity index (χ2n) is 6.36. The molecule has 0 saturated heterocycles. The molecule has 4 rings (SSSR count). The van der Waals surface area contributed by atoms with Crippen LogP contribution in [0.15, 0.2) is 53.9 Å². The van der Waals surface area contributed by atoms with Gasteiger partial charge in [0.1, 0.15) is 28.7 Å². The summed E-state index contributed by atoms with van der Waals surface area (Å²) in [7, 11) is 1.04. The van der Waals surface area contributed by atoms with Crippen molar-refractivity contribution in [3.05, 3.63) is 66.3 Å². The Hall–Kier alpha value is -4.02. The molecule has 0 atom stereocenters. The lowest BCUT2D eigenvalue weighted by atomic mass is 10.0. The number of aromatic amines is 1. The second-order valence-corrected chi connectivity index (χ2v) is 6.36. The van der Waals surface area contributed by atoms with Crippen molar-refractivity contribution >= 4 is 17.4 Å². The molecule has 4 aromatic rings. The topological polar surface area (TPSA) is 91.4 Å². The predicted molar refractivity (Wildman–Crippen MR) is 105 cm³/mol. The number of ether oxygens (including phenoxy) is 1. The van der Waals surface area contributed by atoms with Crippen LogP contribution in [0.4, 0.5) is 17.6 Å². The predicted octanol–water partition coefficient (Wildman–Crippen LogP) is 4.30. The van der Waals surface area contributed by atoms with Crippen molar-refractivity contribution in [2.75, 3.05) is 7.11 Å². The fraction of sp³-hybridized carbons (Fsp3) is 0.100. The molecule has 158 valence electrons. The molecular weight excluding hydrogens is 416 g/mol. The normalized spacial score (nSPS) is 12.0. The Morgan fingerprint density at radius 3 is 2.71 bits per heavy atom. The summed E-state index contributed by atoms with van der Waals surface area (Å²) in [5.41, 5.74) is 2.01. The van der Waals surface area contributed by atoms with Gasteiger partial charge in [-0.15, -0.1) is 0 Å². The van der Waals surface area contributed by atoms with Gasteiger partial charge in [-0.25, -0.2) is 13.8 Å². The van der Waals surface area contributed by atoms with Crippen LogP contribution in [0.1, 0.15) is 5.69 Å². The first-order valence-electron chi connectivity index (χ1n) is 8.85. The fourth-order valence-corrected chi connectivity index (χ4v) is 3.06. The molecule has 0 bridgehead atoms. The van der Waals surface area contributed by atoms with E-state index in [9.17, 15) is 17.6 Å². The highest BCUT2D eigenvalue weighted by Gasteiger charge is 2.19. The highest BCUT2D eigenvalue weighted by atomic mass is 19.3. The van der Waals surface area contributed by atoms with E-state index >= 15 is 0 Å². The first-order chi connectivity index (χ1) is 14.9. The summed E-state index contributed by atoms with van der Waals surface area (Å²) < 4.78 is 59.3. The molecule has 0 aliphatic carbocycles. The standard InChI is InChI=1S/C20H14F4N6O/c1-31-20(18(23)24)28-19(25)15-8-26-16-5-2-10(9-30(15)16)13-7-27-29-17(13)12-4-3-11(21)6-14(12)22/h2-9,18,25H,1H3,(H,27,29)/b25-19?,28-20-. The number of pyridine rings is 1. The Kier molecular flexibility index (Phi) is 5.24. The van der Waals surface area contributed by atoms with Crippen molar-refractivity contribution in [2.45, 2.75) is 6.43 Å². The molecule has 0 amide bonds. The lowest BCUT2D eigenvalue weighted by molar-refractivity contribution is 0.185. The zero-order valence-corrected chi connectivity index (χ0v) is 15.9. The van der Waals surface area contributed by atoms with E-state index in [4.69, 9.17) is 5.41 Å². The van der Waals surface area contributed by atoms with Gasteiger partial charge in [0.25, 0.3) is 5.90 Å². The molecule has 0 aliphatic rings. The molecule has 3 heterocycles. The number of aliphatic imine (C=N–C) groups is 1. The number of hydrogen-bond donors (Lipinski definition) is 2. The van der Waals surface area contributed by atoms with Crippen LogP contribution in [-0.2, 0) is 4.74 Å². The van der Waals surface area contributed by atoms with Crippen LogP contribution in [0.5, 0.6) is 0 Å². The van der Waals surface area contributed by atoms with Gasteiger partial charge in [0.05, 0.1) is 13.3 Å². The van der Waals surface area contributed by atoms with E-state index < -0.39 is 29.8 Å². The Labute approximate surface area is 172 Å². The number of alkyl halides is 2. The largest absolute Gasteiger partial charge is 0.480 e. The molecule has 0 saturated carbocycles. The third-order valence-electron chi connectivity index (χ3n) is 4.50. The van der Waals surface area contributed by atoms with Crippen LogP contribution < -0.4 is 0 Å². The maximum atomic E-state index is 14.3. The molecule has 0 radical (unpaired) electrons. The highest BCUT2D eigenvalue weighted by Crippen LogP contribution is 2.32. The van der Waals surface area contributed by atoms with Crippen LogP contribution in [0.25, 0.3) is 28.0 Å². The van der Waals surface area contributed by atoms with Gasteiger partial charge in [-0.05, 0) is 24.3 Å². The first-order valence-corrected chi connectivity index (χ1v) is 8.85. The lowest BCUT2D eigenvalue weighted by Crippen LogP contribution is -2.15. The molecule has 0 aliphatic heterocycles. The van der Waals surface area contributed by atoms with Crippen molar-refractivity contribution in [2.24, 2.45) is 4.99 Å². The molecular formula is C20H14F4N6O. The smallest absolute Gasteiger partial charge is 0.312 e. The Balaban J connectivity index is 1.79. The van der Waals surface area contributed by atoms with E-state index in [1.807, 2.05) is 0 Å². The van der Waals surface area contributed by atoms with Gasteiger partial charge in [0.2, 0.25) is 0 Å². The summed E-state index contributed by atoms with van der Waals surface area (Å²) in [6.07, 6.45) is 1.48. The van der Waals surface area contributed by atoms with Gasteiger partial charge in [-0.1, -0.05) is 0 Å². The molecule has 31 heavy (non-hydrogen) atoms. The van der Waals surface area contributed by atoms with Gasteiger partial charge in [0.15, 0.2) is 5.84 Å². The Morgan fingerprint density at radius 1 is 1.19 bits per heavy atom. The van der Waals surface area contributed by atoms with E-state index in [2.05, 4.69) is 24.9 Å². The SMILES string of the molecule is CO/C(=N\C(=N)c1cnc2ccc(-c3c[nH]nc3-c3ccc(F)cc3F)cn12)C(F)F. The number of nitrogens with one attached hydrogen (secondary N) is 2. The number of nitrogens with zero attached hydrogens (tertiary/aromatic N) is 4. The molecule has 11 heteroatoms. The minimum atomic E-state index is -2.97. The van der Waals surface area contributed by atoms with Gasteiger partial charge in [0, 0.05) is 35.2 Å². The quantitative estimate of drug-likeness (QED) is 0.287. The van der Waals surface area contributed by atoms with Crippen LogP contribution in [0.2, 0.25) is 0 Å². The van der Waals surface area contributed by atoms with Crippen LogP contribution in [0, 0.1) is 17.0 Å². The fourth-order valence-electron chi connectivity index (χ4n) is 3.06. The molecule has 2 N–H and O–H groups in total. The Bertz CT molecular complexity index is 1310. The summed E-state index contributed by atoms with van der Waals surface area (Å²) in [5, 5.41) is 14.8. The van der Waals surface area contributed by atoms with E-state index in [1.54, 1.807) is 24.5 Å². The minimum absolute atomic E-state index is 0.0996. The molecule has 1 aromatic carbocycles. The highest BCUT2D eigenvalue weighted by molar-refractivity contribution is 6.03. The number of imidazole rings is 1. The van der Waals surface area contributed by atoms with Crippen LogP contribution in [0.3, 0.4) is 0 Å². The minimum Gasteiger partial charge on any atom is -0.480 e. The number of H-pyrrole nitrogens is 1. The molecule has 0 spiro atoms. The van der Waals surface area contributed by atoms with Crippen molar-refractivity contribution in [3.63, 3.8) is 0 Å². The summed E-state index contributed by atoms with van der Waals surface area (Å²) >= 11 is 0. The monoisotopic (exact) mass is 430 g/mol. The number of amidine groups is 1. The van der Waals surface area contributed by atoms with E-state index in [-0.39, 0.29) is 17.0 Å². The number of aromatic nitrogens is 4. The summed E-state index contributed by atoms with van der Waals surface area (Å²) in [5.74, 6) is -2.84. The number of fused-ring (bicyclic) bond motifs is 1. The van der Waals surface area contributed by atoms with E-state index in [1.165, 1.54) is 16.7 Å². The third kappa shape index (κ3) is 3.77. The van der Waals surface area contributed by atoms with Gasteiger partial charge in [-0.3, -0.25) is 14.9 Å².